The van der Waals surface area contributed by atoms with Crippen LogP contribution in [-0.2, 0) is 35.2 Å². The molecule has 1 fully saturated rings. The van der Waals surface area contributed by atoms with Gasteiger partial charge < -0.3 is 37.2 Å². The van der Waals surface area contributed by atoms with Crippen molar-refractivity contribution in [1.29, 1.82) is 0 Å². The number of primary amides is 1. The van der Waals surface area contributed by atoms with Crippen molar-refractivity contribution in [2.75, 3.05) is 6.54 Å². The number of amides is 4. The van der Waals surface area contributed by atoms with Crippen LogP contribution in [0.1, 0.15) is 44.1 Å². The fourth-order valence-electron chi connectivity index (χ4n) is 3.86. The highest BCUT2D eigenvalue weighted by Gasteiger charge is 2.32. The van der Waals surface area contributed by atoms with Crippen LogP contribution in [-0.4, -0.2) is 76.5 Å². The maximum Gasteiger partial charge on any atom is 0.326 e. The van der Waals surface area contributed by atoms with Crippen LogP contribution in [0.2, 0.25) is 0 Å². The number of nitrogens with two attached hydrogens (primary N) is 1. The summed E-state index contributed by atoms with van der Waals surface area (Å²) in [4.78, 5) is 72.5. The van der Waals surface area contributed by atoms with E-state index >= 15 is 0 Å². The highest BCUT2D eigenvalue weighted by molar-refractivity contribution is 5.94. The van der Waals surface area contributed by atoms with Crippen molar-refractivity contribution in [2.45, 2.75) is 69.1 Å². The zero-order valence-electron chi connectivity index (χ0n) is 20.3. The van der Waals surface area contributed by atoms with Gasteiger partial charge in [0.1, 0.15) is 18.1 Å². The van der Waals surface area contributed by atoms with E-state index < -0.39 is 60.2 Å². The maximum absolute atomic E-state index is 13.2. The Labute approximate surface area is 213 Å². The fraction of sp³-hybridized carbons (Fsp3) is 0.500. The zero-order chi connectivity index (χ0) is 27.4. The lowest BCUT2D eigenvalue weighted by Gasteiger charge is -2.25. The number of rotatable bonds is 15. The van der Waals surface area contributed by atoms with Gasteiger partial charge in [-0.1, -0.05) is 30.3 Å². The minimum atomic E-state index is -1.47. The number of hydrogen-bond acceptors (Lipinski definition) is 7. The third-order valence-corrected chi connectivity index (χ3v) is 5.87. The average Bonchev–Trinajstić information content (AvgIpc) is 3.39. The summed E-state index contributed by atoms with van der Waals surface area (Å²) in [5.41, 5.74) is 5.80. The number of aliphatic carboxylic acids is 2. The van der Waals surface area contributed by atoms with Crippen LogP contribution in [0, 0.1) is 0 Å². The quantitative estimate of drug-likeness (QED) is 0.145. The predicted octanol–water partition coefficient (Wildman–Crippen LogP) is -1.35. The summed E-state index contributed by atoms with van der Waals surface area (Å²) >= 11 is 0. The molecule has 0 spiro atoms. The third kappa shape index (κ3) is 10.3. The molecule has 0 saturated carbocycles. The van der Waals surface area contributed by atoms with Gasteiger partial charge in [0.15, 0.2) is 0 Å². The molecule has 2 rings (SSSR count). The summed E-state index contributed by atoms with van der Waals surface area (Å²) in [5, 5.41) is 28.9. The molecule has 0 bridgehead atoms. The van der Waals surface area contributed by atoms with Crippen LogP contribution in [0.5, 0.6) is 0 Å². The van der Waals surface area contributed by atoms with Gasteiger partial charge in [0, 0.05) is 19.3 Å². The second-order valence-corrected chi connectivity index (χ2v) is 8.80. The molecular weight excluding hydrogens is 486 g/mol. The standard InChI is InChI=1S/C24H33N5O8/c25-19(30)10-8-17(24(36)37)28-22(34)16(9-11-20(31)32)27-23(35)18(13-14-5-2-1-3-6-14)29-21(33)15-7-4-12-26-15/h1-3,5-6,15-18,26H,4,7-13H2,(H2,25,30)(H,27,35)(H,28,34)(H,29,33)(H,31,32)(H,36,37). The van der Waals surface area contributed by atoms with Gasteiger partial charge in [0.25, 0.3) is 0 Å². The Bertz CT molecular complexity index is 981. The van der Waals surface area contributed by atoms with Crippen molar-refractivity contribution in [2.24, 2.45) is 5.73 Å². The Hall–Kier alpha value is -4.00. The molecule has 1 aromatic carbocycles. The lowest BCUT2D eigenvalue weighted by atomic mass is 10.0. The number of carbonyl (C=O) groups is 6. The first kappa shape index (κ1) is 29.2. The first-order valence-electron chi connectivity index (χ1n) is 12.0. The van der Waals surface area contributed by atoms with Gasteiger partial charge in [0.05, 0.1) is 6.04 Å². The van der Waals surface area contributed by atoms with Crippen LogP contribution in [0.3, 0.4) is 0 Å². The van der Waals surface area contributed by atoms with E-state index in [2.05, 4.69) is 21.3 Å². The Balaban J connectivity index is 2.18. The van der Waals surface area contributed by atoms with Crippen LogP contribution in [0.15, 0.2) is 30.3 Å². The summed E-state index contributed by atoms with van der Waals surface area (Å²) in [6.07, 6.45) is 0.128. The number of carboxylic acid groups (broad SMARTS) is 2. The van der Waals surface area contributed by atoms with E-state index in [-0.39, 0.29) is 31.6 Å². The van der Waals surface area contributed by atoms with Gasteiger partial charge in [-0.15, -0.1) is 0 Å². The molecule has 37 heavy (non-hydrogen) atoms. The van der Waals surface area contributed by atoms with Crippen molar-refractivity contribution in [1.82, 2.24) is 21.3 Å². The van der Waals surface area contributed by atoms with Crippen LogP contribution >= 0.6 is 0 Å². The van der Waals surface area contributed by atoms with E-state index in [1.54, 1.807) is 30.3 Å². The molecule has 1 heterocycles. The number of hydrogen-bond donors (Lipinski definition) is 7. The summed E-state index contributed by atoms with van der Waals surface area (Å²) < 4.78 is 0. The Morgan fingerprint density at radius 2 is 1.51 bits per heavy atom. The van der Waals surface area contributed by atoms with E-state index in [4.69, 9.17) is 10.8 Å². The minimum Gasteiger partial charge on any atom is -0.481 e. The summed E-state index contributed by atoms with van der Waals surface area (Å²) in [6.45, 7) is 0.672. The highest BCUT2D eigenvalue weighted by atomic mass is 16.4. The lowest BCUT2D eigenvalue weighted by Crippen LogP contribution is -2.57. The number of carbonyl (C=O) groups excluding carboxylic acids is 4. The van der Waals surface area contributed by atoms with Crippen molar-refractivity contribution >= 4 is 35.6 Å². The lowest BCUT2D eigenvalue weighted by molar-refractivity contribution is -0.143. The molecule has 4 unspecified atom stereocenters. The van der Waals surface area contributed by atoms with Gasteiger partial charge in [-0.25, -0.2) is 4.79 Å². The summed E-state index contributed by atoms with van der Waals surface area (Å²) in [7, 11) is 0. The van der Waals surface area contributed by atoms with Crippen LogP contribution < -0.4 is 27.0 Å². The molecule has 4 amide bonds. The van der Waals surface area contributed by atoms with Crippen molar-refractivity contribution in [3.05, 3.63) is 35.9 Å². The molecule has 8 N–H and O–H groups in total. The summed E-state index contributed by atoms with van der Waals surface area (Å²) in [6, 6.07) is 4.45. The second kappa shape index (κ2) is 14.5. The van der Waals surface area contributed by atoms with Gasteiger partial charge in [-0.3, -0.25) is 24.0 Å². The van der Waals surface area contributed by atoms with Gasteiger partial charge >= 0.3 is 11.9 Å². The van der Waals surface area contributed by atoms with Gasteiger partial charge in [-0.05, 0) is 37.8 Å². The van der Waals surface area contributed by atoms with E-state index in [0.29, 0.717) is 13.0 Å². The molecule has 202 valence electrons. The summed E-state index contributed by atoms with van der Waals surface area (Å²) in [5.74, 6) is -5.45. The molecule has 1 aliphatic heterocycles. The largest absolute Gasteiger partial charge is 0.481 e. The highest BCUT2D eigenvalue weighted by Crippen LogP contribution is 2.09. The molecule has 13 nitrogen and oxygen atoms in total. The molecule has 1 aromatic rings. The Kier molecular flexibility index (Phi) is 11.5. The molecule has 4 atom stereocenters. The van der Waals surface area contributed by atoms with Gasteiger partial charge in [-0.2, -0.15) is 0 Å². The number of carboxylic acids is 2. The third-order valence-electron chi connectivity index (χ3n) is 5.87. The normalized spacial score (nSPS) is 17.1. The Morgan fingerprint density at radius 3 is 2.08 bits per heavy atom. The van der Waals surface area contributed by atoms with Crippen molar-refractivity contribution < 1.29 is 39.0 Å². The topological polar surface area (TPSA) is 217 Å². The van der Waals surface area contributed by atoms with Crippen molar-refractivity contribution in [3.63, 3.8) is 0 Å². The maximum atomic E-state index is 13.2. The fourth-order valence-corrected chi connectivity index (χ4v) is 3.86. The van der Waals surface area contributed by atoms with Crippen LogP contribution in [0.4, 0.5) is 0 Å². The first-order chi connectivity index (χ1) is 17.6. The molecule has 1 saturated heterocycles. The zero-order valence-corrected chi connectivity index (χ0v) is 20.3. The molecule has 0 aliphatic carbocycles. The smallest absolute Gasteiger partial charge is 0.326 e. The van der Waals surface area contributed by atoms with E-state index in [1.165, 1.54) is 0 Å². The van der Waals surface area contributed by atoms with Crippen LogP contribution in [0.25, 0.3) is 0 Å². The average molecular weight is 520 g/mol. The van der Waals surface area contributed by atoms with Gasteiger partial charge in [0.2, 0.25) is 23.6 Å². The molecular formula is C24H33N5O8. The monoisotopic (exact) mass is 519 g/mol. The van der Waals surface area contributed by atoms with E-state index in [1.807, 2.05) is 0 Å². The van der Waals surface area contributed by atoms with E-state index in [9.17, 15) is 33.9 Å². The molecule has 0 aromatic heterocycles. The number of benzene rings is 1. The first-order valence-corrected chi connectivity index (χ1v) is 12.0. The molecule has 13 heteroatoms. The minimum absolute atomic E-state index is 0.106. The number of nitrogens with one attached hydrogen (secondary N) is 4. The predicted molar refractivity (Wildman–Crippen MR) is 130 cm³/mol. The SMILES string of the molecule is NC(=O)CCC(NC(=O)C(CCC(=O)O)NC(=O)C(Cc1ccccc1)NC(=O)C1CCCN1)C(=O)O. The molecule has 0 radical (unpaired) electrons. The Morgan fingerprint density at radius 1 is 0.892 bits per heavy atom. The second-order valence-electron chi connectivity index (χ2n) is 8.80. The van der Waals surface area contributed by atoms with Crippen molar-refractivity contribution in [3.8, 4) is 0 Å². The molecule has 1 aliphatic rings. The van der Waals surface area contributed by atoms with E-state index in [0.717, 1.165) is 12.0 Å².